The molecule has 1 atom stereocenters. The molecule has 7 nitrogen and oxygen atoms in total. The number of esters is 1. The molecule has 4 rings (SSSR count). The number of carbonyl (C=O) groups excluding carboxylic acids is 2. The van der Waals surface area contributed by atoms with Crippen molar-refractivity contribution < 1.29 is 28.2 Å². The van der Waals surface area contributed by atoms with E-state index in [2.05, 4.69) is 0 Å². The summed E-state index contributed by atoms with van der Waals surface area (Å²) in [4.78, 5) is 27.0. The molecule has 1 amide bonds. The van der Waals surface area contributed by atoms with Gasteiger partial charge in [-0.05, 0) is 48.7 Å². The van der Waals surface area contributed by atoms with Crippen LogP contribution in [0.15, 0.2) is 45.9 Å². The molecule has 0 aliphatic carbocycles. The summed E-state index contributed by atoms with van der Waals surface area (Å²) in [6, 6.07) is 8.16. The number of benzene rings is 1. The van der Waals surface area contributed by atoms with Gasteiger partial charge >= 0.3 is 5.97 Å². The lowest BCUT2D eigenvalue weighted by atomic mass is 10.1. The molecule has 1 aromatic heterocycles. The highest BCUT2D eigenvalue weighted by atomic mass is 32.2. The number of nitrogens with zero attached hydrogens (tertiary/aromatic N) is 1. The van der Waals surface area contributed by atoms with Crippen LogP contribution in [0.5, 0.6) is 11.5 Å². The number of carbonyl (C=O) groups is 2. The van der Waals surface area contributed by atoms with Crippen LogP contribution in [0.1, 0.15) is 29.0 Å². The Kier molecular flexibility index (Phi) is 6.21. The minimum absolute atomic E-state index is 0.0371. The fourth-order valence-corrected chi connectivity index (χ4v) is 4.48. The van der Waals surface area contributed by atoms with Crippen molar-refractivity contribution in [3.8, 4) is 11.5 Å². The van der Waals surface area contributed by atoms with Crippen molar-refractivity contribution in [1.29, 1.82) is 0 Å². The number of hydrogen-bond donors (Lipinski definition) is 0. The predicted octanol–water partition coefficient (Wildman–Crippen LogP) is 3.89. The first-order chi connectivity index (χ1) is 14.5. The Hall–Kier alpha value is -2.62. The zero-order valence-electron chi connectivity index (χ0n) is 16.2. The van der Waals surface area contributed by atoms with Gasteiger partial charge in [-0.1, -0.05) is 30.0 Å². The quantitative estimate of drug-likeness (QED) is 0.287. The van der Waals surface area contributed by atoms with E-state index in [1.165, 1.54) is 31.2 Å². The second-order valence-electron chi connectivity index (χ2n) is 6.70. The van der Waals surface area contributed by atoms with Crippen molar-refractivity contribution in [2.45, 2.75) is 18.9 Å². The Bertz CT molecular complexity index is 995. The maximum Gasteiger partial charge on any atom is 0.379 e. The fraction of sp³-hybridized carbons (Fsp3) is 0.286. The van der Waals surface area contributed by atoms with Crippen LogP contribution in [0.25, 0.3) is 6.08 Å². The average molecular weight is 446 g/mol. The van der Waals surface area contributed by atoms with Crippen LogP contribution in [-0.4, -0.2) is 47.5 Å². The molecule has 2 aromatic rings. The Morgan fingerprint density at radius 2 is 2.23 bits per heavy atom. The lowest BCUT2D eigenvalue weighted by Gasteiger charge is -2.18. The number of rotatable bonds is 6. The molecular formula is C21H19NO6S2. The molecule has 0 spiro atoms. The summed E-state index contributed by atoms with van der Waals surface area (Å²) < 4.78 is 21.9. The predicted molar refractivity (Wildman–Crippen MR) is 116 cm³/mol. The summed E-state index contributed by atoms with van der Waals surface area (Å²) in [5.74, 6) is -0.0506. The highest BCUT2D eigenvalue weighted by Crippen LogP contribution is 2.35. The van der Waals surface area contributed by atoms with Crippen molar-refractivity contribution in [1.82, 2.24) is 4.90 Å². The highest BCUT2D eigenvalue weighted by molar-refractivity contribution is 8.26. The van der Waals surface area contributed by atoms with E-state index in [1.807, 2.05) is 0 Å². The van der Waals surface area contributed by atoms with Crippen molar-refractivity contribution in [2.75, 3.05) is 20.3 Å². The molecule has 156 valence electrons. The first kappa shape index (κ1) is 20.6. The van der Waals surface area contributed by atoms with Gasteiger partial charge in [-0.25, -0.2) is 4.79 Å². The number of thiocarbonyl (C=S) groups is 1. The number of amides is 1. The third kappa shape index (κ3) is 4.43. The third-order valence-electron chi connectivity index (χ3n) is 4.69. The van der Waals surface area contributed by atoms with Crippen LogP contribution in [0.4, 0.5) is 0 Å². The molecule has 0 unspecified atom stereocenters. The maximum atomic E-state index is 12.8. The fourth-order valence-electron chi connectivity index (χ4n) is 3.20. The van der Waals surface area contributed by atoms with Gasteiger partial charge in [0, 0.05) is 6.61 Å². The van der Waals surface area contributed by atoms with E-state index in [9.17, 15) is 9.59 Å². The van der Waals surface area contributed by atoms with E-state index >= 15 is 0 Å². The van der Waals surface area contributed by atoms with Crippen LogP contribution in [0, 0.1) is 0 Å². The van der Waals surface area contributed by atoms with E-state index in [4.69, 9.17) is 30.8 Å². The highest BCUT2D eigenvalue weighted by Gasteiger charge is 2.34. The van der Waals surface area contributed by atoms with Crippen LogP contribution in [0.3, 0.4) is 0 Å². The standard InChI is InChI=1S/C21H19NO6S2/c1-25-17-10-13(6-7-15(17)28-20(24)16-5-3-9-27-16)11-18-19(23)22(21(29)30-18)12-14-4-2-8-26-14/h3,5-7,9-11,14H,2,4,8,12H2,1H3/b18-11+/t14-/m1/s1. The third-order valence-corrected chi connectivity index (χ3v) is 6.07. The first-order valence-corrected chi connectivity index (χ1v) is 10.6. The Labute approximate surface area is 183 Å². The van der Waals surface area contributed by atoms with E-state index in [0.717, 1.165) is 25.0 Å². The molecule has 0 radical (unpaired) electrons. The van der Waals surface area contributed by atoms with Crippen LogP contribution < -0.4 is 9.47 Å². The molecule has 0 N–H and O–H groups in total. The van der Waals surface area contributed by atoms with Gasteiger partial charge in [0.1, 0.15) is 4.32 Å². The summed E-state index contributed by atoms with van der Waals surface area (Å²) >= 11 is 6.64. The minimum atomic E-state index is -0.624. The molecule has 0 saturated carbocycles. The lowest BCUT2D eigenvalue weighted by Crippen LogP contribution is -2.35. The van der Waals surface area contributed by atoms with E-state index < -0.39 is 5.97 Å². The first-order valence-electron chi connectivity index (χ1n) is 9.36. The minimum Gasteiger partial charge on any atom is -0.493 e. The van der Waals surface area contributed by atoms with E-state index in [-0.39, 0.29) is 23.5 Å². The number of furan rings is 1. The van der Waals surface area contributed by atoms with Crippen molar-refractivity contribution in [3.05, 3.63) is 52.8 Å². The topological polar surface area (TPSA) is 78.2 Å². The zero-order chi connectivity index (χ0) is 21.1. The molecule has 9 heteroatoms. The van der Waals surface area contributed by atoms with Crippen molar-refractivity contribution in [3.63, 3.8) is 0 Å². The van der Waals surface area contributed by atoms with Gasteiger partial charge in [0.2, 0.25) is 5.76 Å². The SMILES string of the molecule is COc1cc(/C=C2/SC(=S)N(C[C@H]3CCCO3)C2=O)ccc1OC(=O)c1ccco1. The summed E-state index contributed by atoms with van der Waals surface area (Å²) in [7, 11) is 1.48. The molecule has 30 heavy (non-hydrogen) atoms. The van der Waals surface area contributed by atoms with Gasteiger partial charge in [0.25, 0.3) is 5.91 Å². The van der Waals surface area contributed by atoms with Gasteiger partial charge in [-0.3, -0.25) is 9.69 Å². The summed E-state index contributed by atoms with van der Waals surface area (Å²) in [6.45, 7) is 1.21. The van der Waals surface area contributed by atoms with Gasteiger partial charge < -0.3 is 18.6 Å². The second-order valence-corrected chi connectivity index (χ2v) is 8.38. The van der Waals surface area contributed by atoms with Gasteiger partial charge in [0.15, 0.2) is 11.5 Å². The average Bonchev–Trinajstić information content (AvgIpc) is 3.49. The zero-order valence-corrected chi connectivity index (χ0v) is 17.8. The lowest BCUT2D eigenvalue weighted by molar-refractivity contribution is -0.123. The van der Waals surface area contributed by atoms with Crippen molar-refractivity contribution >= 4 is 46.3 Å². The van der Waals surface area contributed by atoms with Crippen LogP contribution >= 0.6 is 24.0 Å². The molecule has 2 aliphatic heterocycles. The van der Waals surface area contributed by atoms with Crippen molar-refractivity contribution in [2.24, 2.45) is 0 Å². The van der Waals surface area contributed by atoms with Crippen LogP contribution in [0.2, 0.25) is 0 Å². The molecule has 2 aliphatic rings. The maximum absolute atomic E-state index is 12.8. The van der Waals surface area contributed by atoms with Gasteiger partial charge in [0.05, 0.1) is 30.9 Å². The number of thioether (sulfide) groups is 1. The molecule has 3 heterocycles. The Morgan fingerprint density at radius 3 is 2.93 bits per heavy atom. The molecule has 1 aromatic carbocycles. The van der Waals surface area contributed by atoms with Gasteiger partial charge in [-0.2, -0.15) is 0 Å². The number of hydrogen-bond acceptors (Lipinski definition) is 8. The summed E-state index contributed by atoms with van der Waals surface area (Å²) in [5, 5.41) is 0. The monoisotopic (exact) mass is 445 g/mol. The molecule has 2 saturated heterocycles. The number of methoxy groups -OCH3 is 1. The normalized spacial score (nSPS) is 20.2. The molecule has 2 fully saturated rings. The van der Waals surface area contributed by atoms with Gasteiger partial charge in [-0.15, -0.1) is 0 Å². The summed E-state index contributed by atoms with van der Waals surface area (Å²) in [6.07, 6.45) is 5.12. The Balaban J connectivity index is 1.49. The van der Waals surface area contributed by atoms with Crippen LogP contribution in [-0.2, 0) is 9.53 Å². The smallest absolute Gasteiger partial charge is 0.379 e. The largest absolute Gasteiger partial charge is 0.493 e. The molecular weight excluding hydrogens is 426 g/mol. The number of ether oxygens (including phenoxy) is 3. The van der Waals surface area contributed by atoms with E-state index in [1.54, 1.807) is 35.2 Å². The second kappa shape index (κ2) is 9.03. The summed E-state index contributed by atoms with van der Waals surface area (Å²) in [5.41, 5.74) is 0.724. The molecule has 0 bridgehead atoms. The Morgan fingerprint density at radius 1 is 1.37 bits per heavy atom. The van der Waals surface area contributed by atoms with E-state index in [0.29, 0.717) is 21.5 Å².